The van der Waals surface area contributed by atoms with Crippen molar-refractivity contribution in [2.75, 3.05) is 22.5 Å². The largest absolute Gasteiger partial charge is 0.418 e. The highest BCUT2D eigenvalue weighted by molar-refractivity contribution is 6.31. The Morgan fingerprint density at radius 1 is 1.07 bits per heavy atom. The molecule has 0 heterocycles. The van der Waals surface area contributed by atoms with Crippen molar-refractivity contribution in [2.45, 2.75) is 20.0 Å². The van der Waals surface area contributed by atoms with Crippen LogP contribution < -0.4 is 16.0 Å². The third-order valence-corrected chi connectivity index (χ3v) is 4.04. The first-order valence-corrected chi connectivity index (χ1v) is 8.23. The molecule has 2 rings (SSSR count). The van der Waals surface area contributed by atoms with Crippen LogP contribution in [0.25, 0.3) is 0 Å². The first-order chi connectivity index (χ1) is 12.6. The summed E-state index contributed by atoms with van der Waals surface area (Å²) in [4.78, 5) is 23.1. The average molecular weight is 400 g/mol. The van der Waals surface area contributed by atoms with E-state index in [9.17, 15) is 22.8 Å². The van der Waals surface area contributed by atoms with Crippen LogP contribution in [0.1, 0.15) is 18.1 Å². The van der Waals surface area contributed by atoms with E-state index in [-0.39, 0.29) is 17.9 Å². The fourth-order valence-electron chi connectivity index (χ4n) is 2.33. The van der Waals surface area contributed by atoms with Crippen molar-refractivity contribution in [1.82, 2.24) is 0 Å². The highest BCUT2D eigenvalue weighted by Crippen LogP contribution is 2.36. The standard InChI is InChI=1S/C18H17ClF3N3O2/c1-10-14(19)4-3-5-15(10)25-17(27)9-23-16-7-6-12(24-11(2)26)8-13(16)18(20,21)22/h3-8,23H,9H2,1-2H3,(H,24,26)(H,25,27). The van der Waals surface area contributed by atoms with Crippen molar-refractivity contribution in [2.24, 2.45) is 0 Å². The summed E-state index contributed by atoms with van der Waals surface area (Å²) in [7, 11) is 0. The Balaban J connectivity index is 2.13. The van der Waals surface area contributed by atoms with Crippen molar-refractivity contribution < 1.29 is 22.8 Å². The summed E-state index contributed by atoms with van der Waals surface area (Å²) in [5.74, 6) is -1.01. The average Bonchev–Trinajstić information content (AvgIpc) is 2.56. The molecule has 0 atom stereocenters. The minimum absolute atomic E-state index is 0.0133. The lowest BCUT2D eigenvalue weighted by atomic mass is 10.1. The van der Waals surface area contributed by atoms with Gasteiger partial charge in [0.05, 0.1) is 12.1 Å². The molecule has 0 spiro atoms. The number of benzene rings is 2. The Bertz CT molecular complexity index is 869. The van der Waals surface area contributed by atoms with Crippen LogP contribution in [0.2, 0.25) is 5.02 Å². The second-order valence-corrected chi connectivity index (χ2v) is 6.16. The summed E-state index contributed by atoms with van der Waals surface area (Å²) in [6, 6.07) is 8.24. The maximum Gasteiger partial charge on any atom is 0.418 e. The third kappa shape index (κ3) is 5.62. The molecular weight excluding hydrogens is 383 g/mol. The zero-order chi connectivity index (χ0) is 20.2. The van der Waals surface area contributed by atoms with E-state index in [1.807, 2.05) is 0 Å². The highest BCUT2D eigenvalue weighted by Gasteiger charge is 2.34. The van der Waals surface area contributed by atoms with Crippen LogP contribution in [-0.4, -0.2) is 18.4 Å². The van der Waals surface area contributed by atoms with Crippen LogP contribution >= 0.6 is 11.6 Å². The quantitative estimate of drug-likeness (QED) is 0.684. The molecule has 0 saturated carbocycles. The SMILES string of the molecule is CC(=O)Nc1ccc(NCC(=O)Nc2cccc(Cl)c2C)c(C(F)(F)F)c1. The molecule has 0 unspecified atom stereocenters. The molecule has 0 radical (unpaired) electrons. The number of nitrogens with one attached hydrogen (secondary N) is 3. The lowest BCUT2D eigenvalue weighted by Gasteiger charge is -2.16. The van der Waals surface area contributed by atoms with Crippen LogP contribution in [0, 0.1) is 6.92 Å². The van der Waals surface area contributed by atoms with Crippen LogP contribution in [0.4, 0.5) is 30.2 Å². The Hall–Kier alpha value is -2.74. The van der Waals surface area contributed by atoms with Crippen molar-refractivity contribution >= 4 is 40.5 Å². The molecule has 0 aliphatic rings. The Morgan fingerprint density at radius 2 is 1.78 bits per heavy atom. The number of hydrogen-bond donors (Lipinski definition) is 3. The lowest BCUT2D eigenvalue weighted by molar-refractivity contribution is -0.137. The molecule has 0 aliphatic carbocycles. The zero-order valence-corrected chi connectivity index (χ0v) is 15.3. The second kappa shape index (κ2) is 8.30. The summed E-state index contributed by atoms with van der Waals surface area (Å²) >= 11 is 5.97. The van der Waals surface area contributed by atoms with Gasteiger partial charge in [-0.05, 0) is 42.8 Å². The molecule has 9 heteroatoms. The minimum Gasteiger partial charge on any atom is -0.376 e. The van der Waals surface area contributed by atoms with E-state index in [4.69, 9.17) is 11.6 Å². The van der Waals surface area contributed by atoms with Gasteiger partial charge < -0.3 is 16.0 Å². The normalized spacial score (nSPS) is 11.0. The van der Waals surface area contributed by atoms with Gasteiger partial charge in [0, 0.05) is 29.0 Å². The molecule has 0 aliphatic heterocycles. The van der Waals surface area contributed by atoms with E-state index in [0.717, 1.165) is 12.1 Å². The van der Waals surface area contributed by atoms with Crippen LogP contribution in [0.3, 0.4) is 0 Å². The fourth-order valence-corrected chi connectivity index (χ4v) is 2.50. The Morgan fingerprint density at radius 3 is 2.41 bits per heavy atom. The molecule has 0 aromatic heterocycles. The summed E-state index contributed by atoms with van der Waals surface area (Å²) in [5.41, 5.74) is -0.107. The number of halogens is 4. The maximum atomic E-state index is 13.3. The number of carbonyl (C=O) groups is 2. The smallest absolute Gasteiger partial charge is 0.376 e. The van der Waals surface area contributed by atoms with Crippen LogP contribution in [0.5, 0.6) is 0 Å². The van der Waals surface area contributed by atoms with Gasteiger partial charge in [0.25, 0.3) is 0 Å². The first kappa shape index (κ1) is 20.6. The second-order valence-electron chi connectivity index (χ2n) is 5.75. The van der Waals surface area contributed by atoms with E-state index in [2.05, 4.69) is 16.0 Å². The molecule has 0 saturated heterocycles. The van der Waals surface area contributed by atoms with E-state index >= 15 is 0 Å². The summed E-state index contributed by atoms with van der Waals surface area (Å²) in [6.07, 6.45) is -4.66. The molecule has 3 N–H and O–H groups in total. The fraction of sp³-hybridized carbons (Fsp3) is 0.222. The number of hydrogen-bond acceptors (Lipinski definition) is 3. The van der Waals surface area contributed by atoms with Gasteiger partial charge in [0.15, 0.2) is 0 Å². The van der Waals surface area contributed by atoms with Gasteiger partial charge in [0.2, 0.25) is 11.8 Å². The van der Waals surface area contributed by atoms with Gasteiger partial charge in [-0.2, -0.15) is 13.2 Å². The number of carbonyl (C=O) groups excluding carboxylic acids is 2. The van der Waals surface area contributed by atoms with E-state index in [1.165, 1.54) is 13.0 Å². The van der Waals surface area contributed by atoms with Gasteiger partial charge >= 0.3 is 6.18 Å². The number of amides is 2. The monoisotopic (exact) mass is 399 g/mol. The first-order valence-electron chi connectivity index (χ1n) is 7.85. The summed E-state index contributed by atoms with van der Waals surface area (Å²) < 4.78 is 39.8. The van der Waals surface area contributed by atoms with Gasteiger partial charge in [-0.1, -0.05) is 17.7 Å². The molecule has 2 amide bonds. The van der Waals surface area contributed by atoms with E-state index < -0.39 is 23.6 Å². The van der Waals surface area contributed by atoms with Crippen molar-refractivity contribution in [3.05, 3.63) is 52.5 Å². The maximum absolute atomic E-state index is 13.3. The van der Waals surface area contributed by atoms with Gasteiger partial charge in [0.1, 0.15) is 0 Å². The third-order valence-electron chi connectivity index (χ3n) is 3.63. The Kier molecular flexibility index (Phi) is 6.32. The predicted molar refractivity (Wildman–Crippen MR) is 99.1 cm³/mol. The van der Waals surface area contributed by atoms with E-state index in [0.29, 0.717) is 16.3 Å². The number of anilines is 3. The van der Waals surface area contributed by atoms with Crippen molar-refractivity contribution in [1.29, 1.82) is 0 Å². The molecule has 2 aromatic carbocycles. The Labute approximate surface area is 158 Å². The lowest BCUT2D eigenvalue weighted by Crippen LogP contribution is -2.23. The molecule has 144 valence electrons. The molecule has 2 aromatic rings. The highest BCUT2D eigenvalue weighted by atomic mass is 35.5. The molecule has 0 bridgehead atoms. The molecule has 27 heavy (non-hydrogen) atoms. The molecule has 5 nitrogen and oxygen atoms in total. The van der Waals surface area contributed by atoms with E-state index in [1.54, 1.807) is 25.1 Å². The topological polar surface area (TPSA) is 70.2 Å². The van der Waals surface area contributed by atoms with Crippen molar-refractivity contribution in [3.63, 3.8) is 0 Å². The summed E-state index contributed by atoms with van der Waals surface area (Å²) in [5, 5.41) is 7.83. The minimum atomic E-state index is -4.66. The summed E-state index contributed by atoms with van der Waals surface area (Å²) in [6.45, 7) is 2.53. The zero-order valence-electron chi connectivity index (χ0n) is 14.5. The van der Waals surface area contributed by atoms with Crippen molar-refractivity contribution in [3.8, 4) is 0 Å². The molecule has 0 fully saturated rings. The van der Waals surface area contributed by atoms with Crippen LogP contribution in [-0.2, 0) is 15.8 Å². The number of alkyl halides is 3. The molecular formula is C18H17ClF3N3O2. The van der Waals surface area contributed by atoms with Crippen LogP contribution in [0.15, 0.2) is 36.4 Å². The van der Waals surface area contributed by atoms with Gasteiger partial charge in [-0.25, -0.2) is 0 Å². The predicted octanol–water partition coefficient (Wildman–Crippen LogP) is 4.68. The van der Waals surface area contributed by atoms with Gasteiger partial charge in [-0.15, -0.1) is 0 Å². The number of rotatable bonds is 5. The van der Waals surface area contributed by atoms with Gasteiger partial charge in [-0.3, -0.25) is 9.59 Å².